The van der Waals surface area contributed by atoms with Crippen LogP contribution in [0.4, 0.5) is 0 Å². The van der Waals surface area contributed by atoms with Crippen LogP contribution in [-0.4, -0.2) is 16.8 Å². The lowest BCUT2D eigenvalue weighted by atomic mass is 9.99. The number of hydrogen-bond acceptors (Lipinski definition) is 4. The van der Waals surface area contributed by atoms with Crippen molar-refractivity contribution in [2.75, 3.05) is 0 Å². The maximum Gasteiger partial charge on any atom is 0.259 e. The molecule has 0 aliphatic carbocycles. The highest BCUT2D eigenvalue weighted by Gasteiger charge is 2.40. The number of amidine groups is 1. The van der Waals surface area contributed by atoms with E-state index in [9.17, 15) is 0 Å². The highest BCUT2D eigenvalue weighted by molar-refractivity contribution is 5.80. The fourth-order valence-corrected chi connectivity index (χ4v) is 1.16. The predicted octanol–water partition coefficient (Wildman–Crippen LogP) is 0.993. The van der Waals surface area contributed by atoms with Gasteiger partial charge in [0, 0.05) is 5.92 Å². The van der Waals surface area contributed by atoms with Crippen LogP contribution in [0.15, 0.2) is 17.7 Å². The largest absolute Gasteiger partial charge is 0.456 e. The predicted molar refractivity (Wildman–Crippen MR) is 46.9 cm³/mol. The molecule has 0 aromatic carbocycles. The summed E-state index contributed by atoms with van der Waals surface area (Å²) in [5, 5.41) is 11.3. The van der Waals surface area contributed by atoms with Crippen molar-refractivity contribution in [2.45, 2.75) is 26.1 Å². The lowest BCUT2D eigenvalue weighted by Crippen LogP contribution is -2.40. The van der Waals surface area contributed by atoms with E-state index >= 15 is 0 Å². The van der Waals surface area contributed by atoms with Crippen LogP contribution in [0.5, 0.6) is 0 Å². The zero-order valence-electron chi connectivity index (χ0n) is 7.73. The van der Waals surface area contributed by atoms with Gasteiger partial charge in [0.2, 0.25) is 0 Å². The molecular weight excluding hydrogens is 172 g/mol. The van der Waals surface area contributed by atoms with Gasteiger partial charge in [-0.2, -0.15) is 0 Å². The highest BCUT2D eigenvalue weighted by atomic mass is 16.7. The summed E-state index contributed by atoms with van der Waals surface area (Å²) in [5.41, 5.74) is 5.39. The van der Waals surface area contributed by atoms with Gasteiger partial charge in [-0.25, -0.2) is 0 Å². The van der Waals surface area contributed by atoms with E-state index in [0.29, 0.717) is 0 Å². The summed E-state index contributed by atoms with van der Waals surface area (Å²) in [4.78, 5) is 0. The average molecular weight is 186 g/mol. The normalized spacial score (nSPS) is 20.1. The van der Waals surface area contributed by atoms with E-state index in [0.717, 1.165) is 0 Å². The fraction of sp³-hybridized carbons (Fsp3) is 0.625. The van der Waals surface area contributed by atoms with Crippen LogP contribution in [-0.2, 0) is 9.47 Å². The minimum absolute atomic E-state index is 0.0948. The molecule has 0 atom stereocenters. The van der Waals surface area contributed by atoms with Crippen LogP contribution in [0.3, 0.4) is 0 Å². The van der Waals surface area contributed by atoms with Gasteiger partial charge < -0.3 is 20.4 Å². The van der Waals surface area contributed by atoms with E-state index in [1.54, 1.807) is 0 Å². The Morgan fingerprint density at radius 1 is 1.54 bits per heavy atom. The Morgan fingerprint density at radius 3 is 2.46 bits per heavy atom. The smallest absolute Gasteiger partial charge is 0.259 e. The van der Waals surface area contributed by atoms with Crippen molar-refractivity contribution >= 4 is 5.84 Å². The van der Waals surface area contributed by atoms with Gasteiger partial charge in [-0.3, -0.25) is 0 Å². The minimum Gasteiger partial charge on any atom is -0.456 e. The third-order valence-electron chi connectivity index (χ3n) is 2.03. The molecule has 0 aromatic rings. The van der Waals surface area contributed by atoms with Gasteiger partial charge >= 0.3 is 0 Å². The van der Waals surface area contributed by atoms with Crippen LogP contribution < -0.4 is 5.73 Å². The van der Waals surface area contributed by atoms with Crippen LogP contribution in [0.25, 0.3) is 0 Å². The van der Waals surface area contributed by atoms with E-state index in [1.165, 1.54) is 12.5 Å². The van der Waals surface area contributed by atoms with Crippen LogP contribution in [0.1, 0.15) is 20.3 Å². The standard InChI is InChI=1S/C8H14N2O3/c1-6(2)8(5-7(9)10-11)12-3-4-13-8/h3-4,6,11H,5H2,1-2H3,(H2,9,10). The second-order valence-corrected chi connectivity index (χ2v) is 3.24. The molecule has 0 unspecified atom stereocenters. The molecule has 1 heterocycles. The Balaban J connectivity index is 2.69. The number of oxime groups is 1. The summed E-state index contributed by atoms with van der Waals surface area (Å²) in [6, 6.07) is 0. The molecule has 0 amide bonds. The summed E-state index contributed by atoms with van der Waals surface area (Å²) in [6.07, 6.45) is 3.17. The van der Waals surface area contributed by atoms with Gasteiger partial charge in [0.05, 0.1) is 6.42 Å². The van der Waals surface area contributed by atoms with Crippen molar-refractivity contribution in [3.8, 4) is 0 Å². The molecule has 0 fully saturated rings. The number of hydrogen-bond donors (Lipinski definition) is 2. The molecule has 0 saturated carbocycles. The summed E-state index contributed by atoms with van der Waals surface area (Å²) < 4.78 is 10.6. The van der Waals surface area contributed by atoms with Crippen molar-refractivity contribution in [3.05, 3.63) is 12.5 Å². The Bertz CT molecular complexity index is 228. The zero-order chi connectivity index (χ0) is 9.90. The third kappa shape index (κ3) is 1.85. The van der Waals surface area contributed by atoms with Crippen molar-refractivity contribution in [3.63, 3.8) is 0 Å². The number of ether oxygens (including phenoxy) is 2. The second kappa shape index (κ2) is 3.55. The van der Waals surface area contributed by atoms with Gasteiger partial charge in [-0.1, -0.05) is 19.0 Å². The van der Waals surface area contributed by atoms with E-state index in [2.05, 4.69) is 5.16 Å². The molecule has 0 radical (unpaired) electrons. The molecule has 0 saturated heterocycles. The second-order valence-electron chi connectivity index (χ2n) is 3.24. The first-order chi connectivity index (χ1) is 6.10. The molecule has 13 heavy (non-hydrogen) atoms. The molecular formula is C8H14N2O3. The van der Waals surface area contributed by atoms with E-state index in [1.807, 2.05) is 13.8 Å². The average Bonchev–Trinajstić information content (AvgIpc) is 2.54. The summed E-state index contributed by atoms with van der Waals surface area (Å²) in [5.74, 6) is -0.601. The van der Waals surface area contributed by atoms with E-state index in [4.69, 9.17) is 20.4 Å². The third-order valence-corrected chi connectivity index (χ3v) is 2.03. The molecule has 1 aliphatic rings. The zero-order valence-corrected chi connectivity index (χ0v) is 7.73. The quantitative estimate of drug-likeness (QED) is 0.298. The Morgan fingerprint density at radius 2 is 2.08 bits per heavy atom. The van der Waals surface area contributed by atoms with Crippen molar-refractivity contribution in [2.24, 2.45) is 16.8 Å². The first kappa shape index (κ1) is 9.70. The highest BCUT2D eigenvalue weighted by Crippen LogP contribution is 2.31. The Hall–Kier alpha value is -1.39. The fourth-order valence-electron chi connectivity index (χ4n) is 1.16. The molecule has 0 aromatic heterocycles. The van der Waals surface area contributed by atoms with Gasteiger partial charge in [-0.15, -0.1) is 0 Å². The number of rotatable bonds is 3. The maximum absolute atomic E-state index is 8.42. The topological polar surface area (TPSA) is 77.1 Å². The van der Waals surface area contributed by atoms with Crippen LogP contribution in [0.2, 0.25) is 0 Å². The maximum atomic E-state index is 8.42. The van der Waals surface area contributed by atoms with Crippen molar-refractivity contribution in [1.82, 2.24) is 0 Å². The Labute approximate surface area is 76.8 Å². The number of nitrogens with two attached hydrogens (primary N) is 1. The summed E-state index contributed by atoms with van der Waals surface area (Å²) >= 11 is 0. The number of nitrogens with zero attached hydrogens (tertiary/aromatic N) is 1. The molecule has 3 N–H and O–H groups in total. The van der Waals surface area contributed by atoms with E-state index in [-0.39, 0.29) is 18.2 Å². The van der Waals surface area contributed by atoms with Gasteiger partial charge in [0.25, 0.3) is 5.79 Å². The van der Waals surface area contributed by atoms with Crippen molar-refractivity contribution in [1.29, 1.82) is 0 Å². The molecule has 5 heteroatoms. The molecule has 0 spiro atoms. The van der Waals surface area contributed by atoms with Gasteiger partial charge in [-0.05, 0) is 0 Å². The SMILES string of the molecule is CC(C)C1(CC(N)=NO)OC=CO1. The van der Waals surface area contributed by atoms with Crippen LogP contribution in [0, 0.1) is 5.92 Å². The van der Waals surface area contributed by atoms with Crippen LogP contribution >= 0.6 is 0 Å². The molecule has 74 valence electrons. The first-order valence-corrected chi connectivity index (χ1v) is 4.08. The molecule has 5 nitrogen and oxygen atoms in total. The monoisotopic (exact) mass is 186 g/mol. The molecule has 1 aliphatic heterocycles. The Kier molecular flexibility index (Phi) is 2.65. The first-order valence-electron chi connectivity index (χ1n) is 4.08. The molecule has 0 bridgehead atoms. The molecule has 1 rings (SSSR count). The lowest BCUT2D eigenvalue weighted by molar-refractivity contribution is -0.167. The van der Waals surface area contributed by atoms with Crippen molar-refractivity contribution < 1.29 is 14.7 Å². The van der Waals surface area contributed by atoms with E-state index < -0.39 is 5.79 Å². The summed E-state index contributed by atoms with van der Waals surface area (Å²) in [6.45, 7) is 3.88. The van der Waals surface area contributed by atoms with Gasteiger partial charge in [0.1, 0.15) is 18.4 Å². The summed E-state index contributed by atoms with van der Waals surface area (Å²) in [7, 11) is 0. The minimum atomic E-state index is -0.809. The lowest BCUT2D eigenvalue weighted by Gasteiger charge is -2.30. The van der Waals surface area contributed by atoms with Gasteiger partial charge in [0.15, 0.2) is 0 Å².